The smallest absolute Gasteiger partial charge is 0.163 e. The molecule has 4 rings (SSSR count). The number of aromatic nitrogens is 1. The summed E-state index contributed by atoms with van der Waals surface area (Å²) >= 11 is 0. The van der Waals surface area contributed by atoms with E-state index in [1.807, 2.05) is 12.1 Å². The predicted octanol–water partition coefficient (Wildman–Crippen LogP) is 3.08. The number of rotatable bonds is 6. The maximum Gasteiger partial charge on any atom is 0.163 e. The summed E-state index contributed by atoms with van der Waals surface area (Å²) in [6, 6.07) is 6.25. The molecule has 1 N–H and O–H groups in total. The second kappa shape index (κ2) is 6.85. The van der Waals surface area contributed by atoms with Gasteiger partial charge in [-0.2, -0.15) is 0 Å². The second-order valence-electron chi connectivity index (χ2n) is 6.62. The summed E-state index contributed by atoms with van der Waals surface area (Å²) in [5, 5.41) is 4.45. The van der Waals surface area contributed by atoms with Gasteiger partial charge in [0.25, 0.3) is 0 Å². The van der Waals surface area contributed by atoms with Gasteiger partial charge < -0.3 is 19.7 Å². The molecule has 2 aliphatic rings. The Hall–Kier alpha value is -2.01. The molecule has 1 aromatic heterocycles. The molecule has 0 spiro atoms. The minimum absolute atomic E-state index is 0.710. The molecule has 2 aliphatic heterocycles. The Morgan fingerprint density at radius 1 is 1.17 bits per heavy atom. The summed E-state index contributed by atoms with van der Waals surface area (Å²) in [5.74, 6) is 2.58. The Labute approximate surface area is 143 Å². The molecule has 1 saturated heterocycles. The summed E-state index contributed by atoms with van der Waals surface area (Å²) in [4.78, 5) is 7.24. The third-order valence-corrected chi connectivity index (χ3v) is 4.94. The summed E-state index contributed by atoms with van der Waals surface area (Å²) in [7, 11) is 1.70. The molecule has 5 heteroatoms. The number of benzene rings is 1. The number of pyridine rings is 1. The molecule has 0 radical (unpaired) electrons. The fraction of sp³-hybridized carbons (Fsp3) is 0.526. The molecule has 0 aliphatic carbocycles. The number of anilines is 1. The Balaban J connectivity index is 1.47. The standard InChI is InChI=1S/C19H25N3O2/c1-23-17-12-15-11-14-5-6-20-19(14)21-16(15)13-18(17)24-10-4-9-22-7-2-3-8-22/h11-13H,2-10H2,1H3,(H,20,21). The van der Waals surface area contributed by atoms with Crippen LogP contribution in [0.4, 0.5) is 5.82 Å². The van der Waals surface area contributed by atoms with Gasteiger partial charge in [0, 0.05) is 24.5 Å². The van der Waals surface area contributed by atoms with E-state index in [4.69, 9.17) is 14.5 Å². The highest BCUT2D eigenvalue weighted by molar-refractivity contribution is 5.85. The minimum Gasteiger partial charge on any atom is -0.493 e. The van der Waals surface area contributed by atoms with E-state index in [0.717, 1.165) is 54.2 Å². The molecular weight excluding hydrogens is 302 g/mol. The van der Waals surface area contributed by atoms with Crippen molar-refractivity contribution in [2.75, 3.05) is 45.2 Å². The molecule has 5 nitrogen and oxygen atoms in total. The van der Waals surface area contributed by atoms with E-state index < -0.39 is 0 Å². The van der Waals surface area contributed by atoms with Crippen molar-refractivity contribution < 1.29 is 9.47 Å². The van der Waals surface area contributed by atoms with Gasteiger partial charge in [0.1, 0.15) is 5.82 Å². The third-order valence-electron chi connectivity index (χ3n) is 4.94. The number of hydrogen-bond donors (Lipinski definition) is 1. The van der Waals surface area contributed by atoms with Crippen LogP contribution in [0.15, 0.2) is 18.2 Å². The molecule has 0 saturated carbocycles. The van der Waals surface area contributed by atoms with Crippen LogP contribution >= 0.6 is 0 Å². The average Bonchev–Trinajstić information content (AvgIpc) is 3.27. The average molecular weight is 327 g/mol. The summed E-state index contributed by atoms with van der Waals surface area (Å²) in [6.45, 7) is 5.27. The molecular formula is C19H25N3O2. The van der Waals surface area contributed by atoms with E-state index >= 15 is 0 Å². The van der Waals surface area contributed by atoms with Crippen LogP contribution in [-0.2, 0) is 6.42 Å². The summed E-state index contributed by atoms with van der Waals surface area (Å²) < 4.78 is 11.5. The molecule has 128 valence electrons. The van der Waals surface area contributed by atoms with Gasteiger partial charge >= 0.3 is 0 Å². The molecule has 0 amide bonds. The van der Waals surface area contributed by atoms with Crippen molar-refractivity contribution in [3.63, 3.8) is 0 Å². The van der Waals surface area contributed by atoms with Crippen molar-refractivity contribution in [2.24, 2.45) is 0 Å². The van der Waals surface area contributed by atoms with E-state index in [2.05, 4.69) is 16.3 Å². The molecule has 3 heterocycles. The van der Waals surface area contributed by atoms with Gasteiger partial charge in [-0.1, -0.05) is 0 Å². The van der Waals surface area contributed by atoms with Crippen molar-refractivity contribution >= 4 is 16.7 Å². The quantitative estimate of drug-likeness (QED) is 0.826. The molecule has 24 heavy (non-hydrogen) atoms. The van der Waals surface area contributed by atoms with E-state index in [1.54, 1.807) is 7.11 Å². The molecule has 2 aromatic rings. The van der Waals surface area contributed by atoms with Gasteiger partial charge in [0.05, 0.1) is 19.2 Å². The van der Waals surface area contributed by atoms with E-state index in [9.17, 15) is 0 Å². The maximum absolute atomic E-state index is 6.00. The molecule has 0 bridgehead atoms. The van der Waals surface area contributed by atoms with Crippen LogP contribution in [0, 0.1) is 0 Å². The van der Waals surface area contributed by atoms with Crippen LogP contribution in [0.25, 0.3) is 10.9 Å². The number of nitrogens with zero attached hydrogens (tertiary/aromatic N) is 2. The van der Waals surface area contributed by atoms with Gasteiger partial charge in [-0.3, -0.25) is 0 Å². The first kappa shape index (κ1) is 15.5. The fourth-order valence-electron chi connectivity index (χ4n) is 3.63. The fourth-order valence-corrected chi connectivity index (χ4v) is 3.63. The number of ether oxygens (including phenoxy) is 2. The van der Waals surface area contributed by atoms with Gasteiger partial charge in [0.15, 0.2) is 11.5 Å². The normalized spacial score (nSPS) is 17.0. The lowest BCUT2D eigenvalue weighted by molar-refractivity contribution is 0.254. The summed E-state index contributed by atoms with van der Waals surface area (Å²) in [5.41, 5.74) is 2.24. The van der Waals surface area contributed by atoms with Crippen LogP contribution in [0.1, 0.15) is 24.8 Å². The molecule has 0 atom stereocenters. The number of hydrogen-bond acceptors (Lipinski definition) is 5. The highest BCUT2D eigenvalue weighted by Crippen LogP contribution is 2.34. The number of methoxy groups -OCH3 is 1. The Kier molecular flexibility index (Phi) is 4.43. The van der Waals surface area contributed by atoms with Crippen LogP contribution in [0.5, 0.6) is 11.5 Å². The number of nitrogens with one attached hydrogen (secondary N) is 1. The maximum atomic E-state index is 6.00. The van der Waals surface area contributed by atoms with Gasteiger partial charge in [-0.25, -0.2) is 4.98 Å². The van der Waals surface area contributed by atoms with E-state index in [0.29, 0.717) is 6.61 Å². The monoisotopic (exact) mass is 327 g/mol. The lowest BCUT2D eigenvalue weighted by atomic mass is 10.1. The Morgan fingerprint density at radius 2 is 2.04 bits per heavy atom. The van der Waals surface area contributed by atoms with Crippen LogP contribution in [0.2, 0.25) is 0 Å². The zero-order valence-corrected chi connectivity index (χ0v) is 14.3. The highest BCUT2D eigenvalue weighted by Gasteiger charge is 2.15. The lowest BCUT2D eigenvalue weighted by Gasteiger charge is -2.16. The lowest BCUT2D eigenvalue weighted by Crippen LogP contribution is -2.21. The molecule has 1 fully saturated rings. The van der Waals surface area contributed by atoms with Crippen molar-refractivity contribution in [1.82, 2.24) is 9.88 Å². The van der Waals surface area contributed by atoms with Gasteiger partial charge in [0.2, 0.25) is 0 Å². The minimum atomic E-state index is 0.710. The van der Waals surface area contributed by atoms with Crippen LogP contribution in [0.3, 0.4) is 0 Å². The highest BCUT2D eigenvalue weighted by atomic mass is 16.5. The van der Waals surface area contributed by atoms with E-state index in [-0.39, 0.29) is 0 Å². The Bertz CT molecular complexity index is 726. The van der Waals surface area contributed by atoms with E-state index in [1.165, 1.54) is 31.5 Å². The third kappa shape index (κ3) is 3.13. The first-order valence-electron chi connectivity index (χ1n) is 8.94. The zero-order valence-electron chi connectivity index (χ0n) is 14.3. The molecule has 1 aromatic carbocycles. The predicted molar refractivity (Wildman–Crippen MR) is 96.3 cm³/mol. The second-order valence-corrected chi connectivity index (χ2v) is 6.62. The Morgan fingerprint density at radius 3 is 2.88 bits per heavy atom. The van der Waals surface area contributed by atoms with Crippen molar-refractivity contribution in [1.29, 1.82) is 0 Å². The number of fused-ring (bicyclic) bond motifs is 2. The van der Waals surface area contributed by atoms with Crippen molar-refractivity contribution in [2.45, 2.75) is 25.7 Å². The topological polar surface area (TPSA) is 46.6 Å². The number of likely N-dealkylation sites (tertiary alicyclic amines) is 1. The van der Waals surface area contributed by atoms with Crippen molar-refractivity contribution in [3.05, 3.63) is 23.8 Å². The summed E-state index contributed by atoms with van der Waals surface area (Å²) in [6.07, 6.45) is 4.75. The van der Waals surface area contributed by atoms with Crippen LogP contribution in [-0.4, -0.2) is 49.8 Å². The van der Waals surface area contributed by atoms with Gasteiger partial charge in [-0.15, -0.1) is 0 Å². The first-order chi connectivity index (χ1) is 11.8. The van der Waals surface area contributed by atoms with Crippen molar-refractivity contribution in [3.8, 4) is 11.5 Å². The van der Waals surface area contributed by atoms with Gasteiger partial charge in [-0.05, 0) is 56.5 Å². The SMILES string of the molecule is COc1cc2cc3c(nc2cc1OCCCN1CCCC1)NCC3. The largest absolute Gasteiger partial charge is 0.493 e. The zero-order chi connectivity index (χ0) is 16.4. The van der Waals surface area contributed by atoms with Crippen LogP contribution < -0.4 is 14.8 Å². The first-order valence-corrected chi connectivity index (χ1v) is 8.94. The molecule has 0 unspecified atom stereocenters.